The summed E-state index contributed by atoms with van der Waals surface area (Å²) in [7, 11) is 1.59. The van der Waals surface area contributed by atoms with Crippen molar-refractivity contribution in [3.05, 3.63) is 52.7 Å². The Labute approximate surface area is 120 Å². The molecule has 0 aliphatic rings. The smallest absolute Gasteiger partial charge is 0.292 e. The molecule has 0 amide bonds. The highest BCUT2D eigenvalue weighted by Crippen LogP contribution is 2.26. The van der Waals surface area contributed by atoms with Gasteiger partial charge in [-0.2, -0.15) is 4.98 Å². The molecule has 2 aromatic heterocycles. The Balaban J connectivity index is 2.10. The lowest BCUT2D eigenvalue weighted by Gasteiger charge is -2.06. The average Bonchev–Trinajstić information content (AvgIpc) is 2.91. The Hall–Kier alpha value is -2.89. The molecule has 0 atom stereocenters. The van der Waals surface area contributed by atoms with Crippen LogP contribution in [0.15, 0.2) is 45.8 Å². The third-order valence-electron chi connectivity index (χ3n) is 3.13. The van der Waals surface area contributed by atoms with Crippen molar-refractivity contribution < 1.29 is 9.63 Å². The van der Waals surface area contributed by atoms with Crippen LogP contribution in [-0.4, -0.2) is 19.8 Å². The summed E-state index contributed by atoms with van der Waals surface area (Å²) in [6.45, 7) is 1.75. The van der Waals surface area contributed by atoms with Crippen LogP contribution in [0.25, 0.3) is 22.6 Å². The van der Waals surface area contributed by atoms with Gasteiger partial charge in [-0.25, -0.2) is 0 Å². The number of benzene rings is 1. The first kappa shape index (κ1) is 13.1. The second-order valence-electron chi connectivity index (χ2n) is 4.76. The summed E-state index contributed by atoms with van der Waals surface area (Å²) >= 11 is 0. The zero-order chi connectivity index (χ0) is 15.0. The molecule has 1 aromatic carbocycles. The van der Waals surface area contributed by atoms with Crippen molar-refractivity contribution in [2.45, 2.75) is 6.92 Å². The second kappa shape index (κ2) is 4.90. The van der Waals surface area contributed by atoms with E-state index in [1.165, 1.54) is 10.6 Å². The minimum absolute atomic E-state index is 0.283. The third kappa shape index (κ3) is 2.43. The molecule has 0 spiro atoms. The Bertz CT molecular complexity index is 838. The fourth-order valence-corrected chi connectivity index (χ4v) is 2.10. The van der Waals surface area contributed by atoms with E-state index in [2.05, 4.69) is 10.1 Å². The van der Waals surface area contributed by atoms with E-state index in [4.69, 9.17) is 4.52 Å². The SMILES string of the molecule is Cc1noc(-c2cccc(-c3cc(O)c(=O)n(C)c3)c2)n1. The average molecular weight is 283 g/mol. The maximum atomic E-state index is 11.5. The number of hydrogen-bond donors (Lipinski definition) is 1. The third-order valence-corrected chi connectivity index (χ3v) is 3.13. The number of hydrogen-bond acceptors (Lipinski definition) is 5. The zero-order valence-electron chi connectivity index (χ0n) is 11.6. The summed E-state index contributed by atoms with van der Waals surface area (Å²) in [6, 6.07) is 8.91. The minimum Gasteiger partial charge on any atom is -0.503 e. The molecule has 6 heteroatoms. The van der Waals surface area contributed by atoms with Gasteiger partial charge in [-0.15, -0.1) is 0 Å². The molecular weight excluding hydrogens is 270 g/mol. The van der Waals surface area contributed by atoms with Crippen molar-refractivity contribution in [2.75, 3.05) is 0 Å². The van der Waals surface area contributed by atoms with Crippen LogP contribution in [0, 0.1) is 6.92 Å². The van der Waals surface area contributed by atoms with Gasteiger partial charge in [0, 0.05) is 24.4 Å². The molecule has 2 heterocycles. The van der Waals surface area contributed by atoms with Crippen molar-refractivity contribution in [2.24, 2.45) is 7.05 Å². The first-order valence-electron chi connectivity index (χ1n) is 6.35. The highest BCUT2D eigenvalue weighted by molar-refractivity contribution is 5.69. The lowest BCUT2D eigenvalue weighted by atomic mass is 10.0. The summed E-state index contributed by atoms with van der Waals surface area (Å²) in [6.07, 6.45) is 1.67. The van der Waals surface area contributed by atoms with Gasteiger partial charge in [-0.05, 0) is 30.7 Å². The van der Waals surface area contributed by atoms with E-state index < -0.39 is 5.56 Å². The van der Waals surface area contributed by atoms with E-state index in [0.717, 1.165) is 16.7 Å². The van der Waals surface area contributed by atoms with Crippen LogP contribution in [0.5, 0.6) is 5.75 Å². The van der Waals surface area contributed by atoms with Crippen LogP contribution in [0.1, 0.15) is 5.82 Å². The molecule has 0 unspecified atom stereocenters. The topological polar surface area (TPSA) is 81.2 Å². The zero-order valence-corrected chi connectivity index (χ0v) is 11.6. The summed E-state index contributed by atoms with van der Waals surface area (Å²) in [5.74, 6) is 0.715. The Morgan fingerprint density at radius 3 is 2.62 bits per heavy atom. The second-order valence-corrected chi connectivity index (χ2v) is 4.76. The van der Waals surface area contributed by atoms with Crippen LogP contribution in [0.2, 0.25) is 0 Å². The molecule has 0 saturated carbocycles. The molecule has 3 rings (SSSR count). The van der Waals surface area contributed by atoms with Gasteiger partial charge in [0.25, 0.3) is 11.4 Å². The van der Waals surface area contributed by atoms with Gasteiger partial charge in [0.15, 0.2) is 11.6 Å². The number of aromatic hydroxyl groups is 1. The van der Waals surface area contributed by atoms with E-state index >= 15 is 0 Å². The normalized spacial score (nSPS) is 10.8. The van der Waals surface area contributed by atoms with E-state index in [0.29, 0.717) is 11.7 Å². The Kier molecular flexibility index (Phi) is 3.06. The number of aromatic nitrogens is 3. The van der Waals surface area contributed by atoms with Crippen LogP contribution >= 0.6 is 0 Å². The van der Waals surface area contributed by atoms with Crippen molar-refractivity contribution in [1.82, 2.24) is 14.7 Å². The summed E-state index contributed by atoms with van der Waals surface area (Å²) in [5.41, 5.74) is 1.92. The molecule has 6 nitrogen and oxygen atoms in total. The fraction of sp³-hybridized carbons (Fsp3) is 0.133. The lowest BCUT2D eigenvalue weighted by molar-refractivity contribution is 0.425. The van der Waals surface area contributed by atoms with Gasteiger partial charge in [0.2, 0.25) is 0 Å². The molecule has 0 aliphatic heterocycles. The van der Waals surface area contributed by atoms with E-state index in [9.17, 15) is 9.90 Å². The molecule has 0 bridgehead atoms. The summed E-state index contributed by atoms with van der Waals surface area (Å²) in [4.78, 5) is 15.7. The quantitative estimate of drug-likeness (QED) is 0.779. The van der Waals surface area contributed by atoms with Gasteiger partial charge >= 0.3 is 0 Å². The molecule has 0 radical (unpaired) electrons. The number of nitrogens with zero attached hydrogens (tertiary/aromatic N) is 3. The van der Waals surface area contributed by atoms with Gasteiger partial charge in [0.05, 0.1) is 0 Å². The molecule has 0 aliphatic carbocycles. The summed E-state index contributed by atoms with van der Waals surface area (Å²) in [5, 5.41) is 13.4. The Morgan fingerprint density at radius 2 is 1.95 bits per heavy atom. The van der Waals surface area contributed by atoms with Crippen LogP contribution < -0.4 is 5.56 Å². The number of aryl methyl sites for hydroxylation is 2. The van der Waals surface area contributed by atoms with Crippen molar-refractivity contribution in [3.63, 3.8) is 0 Å². The van der Waals surface area contributed by atoms with Crippen LogP contribution in [-0.2, 0) is 7.05 Å². The van der Waals surface area contributed by atoms with Gasteiger partial charge in [-0.1, -0.05) is 17.3 Å². The van der Waals surface area contributed by atoms with E-state index in [-0.39, 0.29) is 5.75 Å². The Morgan fingerprint density at radius 1 is 1.19 bits per heavy atom. The van der Waals surface area contributed by atoms with E-state index in [1.807, 2.05) is 24.3 Å². The van der Waals surface area contributed by atoms with Crippen LogP contribution in [0.3, 0.4) is 0 Å². The van der Waals surface area contributed by atoms with Crippen LogP contribution in [0.4, 0.5) is 0 Å². The highest BCUT2D eigenvalue weighted by Gasteiger charge is 2.09. The highest BCUT2D eigenvalue weighted by atomic mass is 16.5. The maximum Gasteiger partial charge on any atom is 0.292 e. The standard InChI is InChI=1S/C15H13N3O3/c1-9-16-14(21-17-9)11-5-3-4-10(6-11)12-7-13(19)15(20)18(2)8-12/h3-8,19H,1-2H3. The van der Waals surface area contributed by atoms with Crippen molar-refractivity contribution in [1.29, 1.82) is 0 Å². The van der Waals surface area contributed by atoms with E-state index in [1.54, 1.807) is 20.2 Å². The molecule has 0 saturated heterocycles. The largest absolute Gasteiger partial charge is 0.503 e. The molecule has 0 fully saturated rings. The first-order valence-corrected chi connectivity index (χ1v) is 6.35. The minimum atomic E-state index is -0.428. The monoisotopic (exact) mass is 283 g/mol. The first-order chi connectivity index (χ1) is 10.0. The lowest BCUT2D eigenvalue weighted by Crippen LogP contribution is -2.15. The van der Waals surface area contributed by atoms with Gasteiger partial charge in [-0.3, -0.25) is 4.79 Å². The molecule has 1 N–H and O–H groups in total. The molecule has 21 heavy (non-hydrogen) atoms. The summed E-state index contributed by atoms with van der Waals surface area (Å²) < 4.78 is 6.48. The molecule has 106 valence electrons. The number of pyridine rings is 1. The van der Waals surface area contributed by atoms with Gasteiger partial charge in [0.1, 0.15) is 0 Å². The molecule has 3 aromatic rings. The van der Waals surface area contributed by atoms with Crippen molar-refractivity contribution >= 4 is 0 Å². The van der Waals surface area contributed by atoms with Gasteiger partial charge < -0.3 is 14.2 Å². The molecular formula is C15H13N3O3. The predicted molar refractivity (Wildman–Crippen MR) is 76.8 cm³/mol. The maximum absolute atomic E-state index is 11.5. The number of rotatable bonds is 2. The predicted octanol–water partition coefficient (Wildman–Crippen LogP) is 2.12. The van der Waals surface area contributed by atoms with Crippen molar-refractivity contribution in [3.8, 4) is 28.3 Å². The fourth-order valence-electron chi connectivity index (χ4n) is 2.10.